The minimum atomic E-state index is 0.0493. The Morgan fingerprint density at radius 3 is 3.00 bits per heavy atom. The van der Waals surface area contributed by atoms with Crippen molar-refractivity contribution in [3.05, 3.63) is 36.5 Å². The monoisotopic (exact) mass is 300 g/mol. The number of nitrogens with zero attached hydrogens (tertiary/aromatic N) is 5. The summed E-state index contributed by atoms with van der Waals surface area (Å²) in [5, 5.41) is 7.35. The summed E-state index contributed by atoms with van der Waals surface area (Å²) in [4.78, 5) is 22.9. The van der Waals surface area contributed by atoms with Crippen molar-refractivity contribution >= 4 is 5.91 Å². The molecule has 1 unspecified atom stereocenters. The third-order valence-corrected chi connectivity index (χ3v) is 3.85. The molecule has 0 aromatic carbocycles. The van der Waals surface area contributed by atoms with Gasteiger partial charge in [0.2, 0.25) is 0 Å². The number of rotatable bonds is 5. The predicted molar refractivity (Wildman–Crippen MR) is 81.8 cm³/mol. The zero-order valence-corrected chi connectivity index (χ0v) is 12.6. The highest BCUT2D eigenvalue weighted by Crippen LogP contribution is 2.14. The van der Waals surface area contributed by atoms with Crippen LogP contribution in [0.5, 0.6) is 0 Å². The maximum Gasteiger partial charge on any atom is 0.255 e. The number of hydrogen-bond acceptors (Lipinski definition) is 5. The highest BCUT2D eigenvalue weighted by atomic mass is 16.2. The highest BCUT2D eigenvalue weighted by molar-refractivity contribution is 5.94. The Labute approximate surface area is 129 Å². The third-order valence-electron chi connectivity index (χ3n) is 3.85. The first kappa shape index (κ1) is 14.6. The average Bonchev–Trinajstić information content (AvgIpc) is 3.25. The molecule has 1 N–H and O–H groups in total. The highest BCUT2D eigenvalue weighted by Gasteiger charge is 2.26. The molecular formula is C15H20N6O. The van der Waals surface area contributed by atoms with Gasteiger partial charge in [0.25, 0.3) is 5.91 Å². The Hall–Kier alpha value is -2.28. The molecule has 0 aliphatic carbocycles. The Kier molecular flexibility index (Phi) is 4.43. The molecule has 2 aromatic heterocycles. The van der Waals surface area contributed by atoms with Crippen LogP contribution in [0.1, 0.15) is 30.1 Å². The first-order valence-corrected chi connectivity index (χ1v) is 7.62. The van der Waals surface area contributed by atoms with Crippen LogP contribution in [0.2, 0.25) is 0 Å². The fourth-order valence-electron chi connectivity index (χ4n) is 2.74. The zero-order valence-electron chi connectivity index (χ0n) is 12.6. The summed E-state index contributed by atoms with van der Waals surface area (Å²) in [7, 11) is 0. The lowest BCUT2D eigenvalue weighted by Gasteiger charge is -2.28. The van der Waals surface area contributed by atoms with Crippen LogP contribution in [0.3, 0.4) is 0 Å². The van der Waals surface area contributed by atoms with Gasteiger partial charge >= 0.3 is 0 Å². The second kappa shape index (κ2) is 6.65. The van der Waals surface area contributed by atoms with Crippen molar-refractivity contribution < 1.29 is 4.79 Å². The smallest absolute Gasteiger partial charge is 0.255 e. The van der Waals surface area contributed by atoms with Crippen molar-refractivity contribution in [3.63, 3.8) is 0 Å². The van der Waals surface area contributed by atoms with E-state index in [4.69, 9.17) is 0 Å². The van der Waals surface area contributed by atoms with E-state index in [0.29, 0.717) is 11.4 Å². The van der Waals surface area contributed by atoms with E-state index in [9.17, 15) is 4.79 Å². The molecule has 7 nitrogen and oxygen atoms in total. The number of carbonyl (C=O) groups is 1. The molecule has 7 heteroatoms. The molecule has 1 aliphatic rings. The molecule has 1 saturated heterocycles. The molecule has 116 valence electrons. The lowest BCUT2D eigenvalue weighted by Crippen LogP contribution is -2.42. The van der Waals surface area contributed by atoms with E-state index >= 15 is 0 Å². The van der Waals surface area contributed by atoms with Gasteiger partial charge in [0.1, 0.15) is 12.7 Å². The van der Waals surface area contributed by atoms with Crippen LogP contribution in [-0.2, 0) is 0 Å². The largest absolute Gasteiger partial charge is 0.334 e. The van der Waals surface area contributed by atoms with E-state index in [-0.39, 0.29) is 11.9 Å². The van der Waals surface area contributed by atoms with Crippen LogP contribution in [0.25, 0.3) is 5.82 Å². The van der Waals surface area contributed by atoms with Gasteiger partial charge in [-0.05, 0) is 31.5 Å². The van der Waals surface area contributed by atoms with Crippen LogP contribution in [0.15, 0.2) is 31.0 Å². The van der Waals surface area contributed by atoms with Gasteiger partial charge in [0.05, 0.1) is 5.56 Å². The van der Waals surface area contributed by atoms with Gasteiger partial charge in [-0.3, -0.25) is 4.79 Å². The number of aromatic nitrogens is 4. The van der Waals surface area contributed by atoms with E-state index < -0.39 is 0 Å². The average molecular weight is 300 g/mol. The lowest BCUT2D eigenvalue weighted by molar-refractivity contribution is 0.0692. The topological polar surface area (TPSA) is 75.9 Å². The quantitative estimate of drug-likeness (QED) is 0.887. The molecule has 2 aromatic rings. The molecule has 0 saturated carbocycles. The molecule has 0 radical (unpaired) electrons. The van der Waals surface area contributed by atoms with Crippen LogP contribution < -0.4 is 5.32 Å². The van der Waals surface area contributed by atoms with Gasteiger partial charge in [-0.2, -0.15) is 5.10 Å². The molecule has 1 fully saturated rings. The summed E-state index contributed by atoms with van der Waals surface area (Å²) in [6, 6.07) is 3.87. The van der Waals surface area contributed by atoms with Gasteiger partial charge in [-0.25, -0.2) is 14.6 Å². The number of hydrogen-bond donors (Lipinski definition) is 1. The molecule has 22 heavy (non-hydrogen) atoms. The van der Waals surface area contributed by atoms with E-state index in [0.717, 1.165) is 32.5 Å². The van der Waals surface area contributed by atoms with Crippen LogP contribution in [0, 0.1) is 0 Å². The van der Waals surface area contributed by atoms with Crippen molar-refractivity contribution in [2.45, 2.75) is 25.8 Å². The standard InChI is InChI=1S/C15H20N6O/c1-2-7-20(13-5-6-16-9-13)15(22)12-3-4-14(18-8-12)21-11-17-10-19-21/h3-4,8,10-11,13,16H,2,5-7,9H2,1H3. The lowest BCUT2D eigenvalue weighted by atomic mass is 10.1. The maximum absolute atomic E-state index is 12.7. The van der Waals surface area contributed by atoms with Gasteiger partial charge in [-0.15, -0.1) is 0 Å². The second-order valence-electron chi connectivity index (χ2n) is 5.39. The molecule has 1 aliphatic heterocycles. The Bertz CT molecular complexity index is 603. The van der Waals surface area contributed by atoms with Crippen LogP contribution in [-0.4, -0.2) is 56.2 Å². The molecule has 0 spiro atoms. The summed E-state index contributed by atoms with van der Waals surface area (Å²) < 4.78 is 1.57. The second-order valence-corrected chi connectivity index (χ2v) is 5.39. The van der Waals surface area contributed by atoms with E-state index in [1.807, 2.05) is 4.90 Å². The number of nitrogens with one attached hydrogen (secondary N) is 1. The van der Waals surface area contributed by atoms with Gasteiger partial charge < -0.3 is 10.2 Å². The number of carbonyl (C=O) groups excluding carboxylic acids is 1. The van der Waals surface area contributed by atoms with Crippen molar-refractivity contribution in [2.75, 3.05) is 19.6 Å². The van der Waals surface area contributed by atoms with Crippen LogP contribution in [0.4, 0.5) is 0 Å². The van der Waals surface area contributed by atoms with Gasteiger partial charge in [0, 0.05) is 25.3 Å². The predicted octanol–water partition coefficient (Wildman–Crippen LogP) is 0.876. The van der Waals surface area contributed by atoms with Gasteiger partial charge in [-0.1, -0.05) is 6.92 Å². The van der Waals surface area contributed by atoms with Crippen molar-refractivity contribution in [3.8, 4) is 5.82 Å². The minimum absolute atomic E-state index is 0.0493. The molecule has 3 rings (SSSR count). The molecular weight excluding hydrogens is 280 g/mol. The van der Waals surface area contributed by atoms with Crippen molar-refractivity contribution in [1.29, 1.82) is 0 Å². The first-order chi connectivity index (χ1) is 10.8. The number of pyridine rings is 1. The zero-order chi connectivity index (χ0) is 15.4. The number of amides is 1. The SMILES string of the molecule is CCCN(C(=O)c1ccc(-n2cncn2)nc1)C1CCNC1. The van der Waals surface area contributed by atoms with Crippen molar-refractivity contribution in [2.24, 2.45) is 0 Å². The van der Waals surface area contributed by atoms with Crippen LogP contribution >= 0.6 is 0 Å². The first-order valence-electron chi connectivity index (χ1n) is 7.62. The molecule has 3 heterocycles. The van der Waals surface area contributed by atoms with E-state index in [1.165, 1.54) is 6.33 Å². The summed E-state index contributed by atoms with van der Waals surface area (Å²) in [5.74, 6) is 0.701. The van der Waals surface area contributed by atoms with Crippen molar-refractivity contribution in [1.82, 2.24) is 30.0 Å². The fourth-order valence-corrected chi connectivity index (χ4v) is 2.74. The van der Waals surface area contributed by atoms with Gasteiger partial charge in [0.15, 0.2) is 5.82 Å². The summed E-state index contributed by atoms with van der Waals surface area (Å²) in [6.45, 7) is 4.71. The Balaban J connectivity index is 1.77. The molecule has 1 amide bonds. The molecule has 1 atom stereocenters. The van der Waals surface area contributed by atoms with E-state index in [2.05, 4.69) is 27.3 Å². The molecule has 0 bridgehead atoms. The summed E-state index contributed by atoms with van der Waals surface area (Å²) in [5.41, 5.74) is 0.615. The summed E-state index contributed by atoms with van der Waals surface area (Å²) in [6.07, 6.45) is 6.61. The fraction of sp³-hybridized carbons (Fsp3) is 0.467. The third kappa shape index (κ3) is 2.99. The normalized spacial score (nSPS) is 17.6. The Morgan fingerprint density at radius 1 is 1.50 bits per heavy atom. The maximum atomic E-state index is 12.7. The summed E-state index contributed by atoms with van der Waals surface area (Å²) >= 11 is 0. The minimum Gasteiger partial charge on any atom is -0.334 e. The van der Waals surface area contributed by atoms with E-state index in [1.54, 1.807) is 29.3 Å². The Morgan fingerprint density at radius 2 is 2.41 bits per heavy atom.